The molecule has 2 aromatic heterocycles. The van der Waals surface area contributed by atoms with E-state index in [0.717, 1.165) is 16.7 Å². The number of nitrogens with zero attached hydrogens (tertiary/aromatic N) is 3. The van der Waals surface area contributed by atoms with E-state index in [9.17, 15) is 8.42 Å². The second-order valence-corrected chi connectivity index (χ2v) is 7.31. The molecule has 6 nitrogen and oxygen atoms in total. The van der Waals surface area contributed by atoms with Crippen molar-refractivity contribution in [3.05, 3.63) is 71.7 Å². The van der Waals surface area contributed by atoms with Gasteiger partial charge in [0.2, 0.25) is 10.0 Å². The number of aryl methyl sites for hydroxylation is 2. The van der Waals surface area contributed by atoms with Gasteiger partial charge < -0.3 is 0 Å². The molecule has 0 atom stereocenters. The Bertz CT molecular complexity index is 933. The number of aromatic nitrogens is 3. The van der Waals surface area contributed by atoms with Gasteiger partial charge in [-0.05, 0) is 54.8 Å². The molecule has 24 heavy (non-hydrogen) atoms. The molecule has 0 amide bonds. The van der Waals surface area contributed by atoms with Crippen LogP contribution in [0.1, 0.15) is 16.7 Å². The van der Waals surface area contributed by atoms with E-state index in [2.05, 4.69) is 14.8 Å². The molecule has 0 spiro atoms. The van der Waals surface area contributed by atoms with Gasteiger partial charge in [0.1, 0.15) is 0 Å². The Morgan fingerprint density at radius 2 is 1.96 bits per heavy atom. The number of hydrogen-bond acceptors (Lipinski definition) is 4. The van der Waals surface area contributed by atoms with E-state index in [1.54, 1.807) is 41.5 Å². The van der Waals surface area contributed by atoms with Crippen LogP contribution in [0.5, 0.6) is 0 Å². The van der Waals surface area contributed by atoms with Crippen molar-refractivity contribution < 1.29 is 8.42 Å². The highest BCUT2D eigenvalue weighted by molar-refractivity contribution is 7.89. The number of nitrogens with one attached hydrogen (secondary N) is 1. The highest BCUT2D eigenvalue weighted by Gasteiger charge is 2.14. The van der Waals surface area contributed by atoms with Gasteiger partial charge in [-0.3, -0.25) is 0 Å². The van der Waals surface area contributed by atoms with E-state index in [1.807, 2.05) is 32.0 Å². The summed E-state index contributed by atoms with van der Waals surface area (Å²) < 4.78 is 29.0. The predicted octanol–water partition coefficient (Wildman–Crippen LogP) is 2.36. The van der Waals surface area contributed by atoms with E-state index in [4.69, 9.17) is 0 Å². The molecule has 0 aliphatic carbocycles. The fourth-order valence-corrected chi connectivity index (χ4v) is 3.31. The van der Waals surface area contributed by atoms with Gasteiger partial charge in [0.25, 0.3) is 0 Å². The summed E-state index contributed by atoms with van der Waals surface area (Å²) >= 11 is 0. The van der Waals surface area contributed by atoms with Crippen LogP contribution in [0.4, 0.5) is 0 Å². The smallest absolute Gasteiger partial charge is 0.237 e. The molecule has 0 saturated carbocycles. The van der Waals surface area contributed by atoms with Crippen molar-refractivity contribution in [2.24, 2.45) is 0 Å². The lowest BCUT2D eigenvalue weighted by Crippen LogP contribution is -2.23. The molecule has 0 unspecified atom stereocenters. The van der Waals surface area contributed by atoms with Gasteiger partial charge in [-0.25, -0.2) is 22.8 Å². The normalized spacial score (nSPS) is 11.6. The van der Waals surface area contributed by atoms with E-state index in [1.165, 1.54) is 0 Å². The highest BCUT2D eigenvalue weighted by atomic mass is 32.2. The fourth-order valence-electron chi connectivity index (χ4n) is 2.20. The van der Waals surface area contributed by atoms with E-state index in [0.29, 0.717) is 5.82 Å². The third-order valence-corrected chi connectivity index (χ3v) is 5.20. The second kappa shape index (κ2) is 6.54. The van der Waals surface area contributed by atoms with E-state index >= 15 is 0 Å². The summed E-state index contributed by atoms with van der Waals surface area (Å²) in [5, 5.41) is 4.10. The van der Waals surface area contributed by atoms with Crippen molar-refractivity contribution in [1.82, 2.24) is 19.5 Å². The SMILES string of the molecule is Cc1ccc(S(=O)(=O)NCc2ccc(-n3cccn3)nc2)cc1C. The molecule has 0 aliphatic rings. The van der Waals surface area contributed by atoms with Crippen molar-refractivity contribution in [2.45, 2.75) is 25.3 Å². The number of rotatable bonds is 5. The monoisotopic (exact) mass is 342 g/mol. The van der Waals surface area contributed by atoms with Crippen molar-refractivity contribution >= 4 is 10.0 Å². The quantitative estimate of drug-likeness (QED) is 0.772. The van der Waals surface area contributed by atoms with E-state index < -0.39 is 10.0 Å². The fraction of sp³-hybridized carbons (Fsp3) is 0.176. The van der Waals surface area contributed by atoms with Gasteiger partial charge in [0, 0.05) is 25.1 Å². The summed E-state index contributed by atoms with van der Waals surface area (Å²) in [6.07, 6.45) is 5.11. The lowest BCUT2D eigenvalue weighted by atomic mass is 10.1. The zero-order chi connectivity index (χ0) is 17.2. The van der Waals surface area contributed by atoms with Gasteiger partial charge in [-0.1, -0.05) is 12.1 Å². The van der Waals surface area contributed by atoms with Crippen LogP contribution in [-0.4, -0.2) is 23.2 Å². The maximum Gasteiger partial charge on any atom is 0.240 e. The average molecular weight is 342 g/mol. The molecule has 3 rings (SSSR count). The van der Waals surface area contributed by atoms with Crippen molar-refractivity contribution in [3.63, 3.8) is 0 Å². The zero-order valence-electron chi connectivity index (χ0n) is 13.5. The Hall–Kier alpha value is -2.51. The van der Waals surface area contributed by atoms with Gasteiger partial charge in [-0.2, -0.15) is 5.10 Å². The lowest BCUT2D eigenvalue weighted by molar-refractivity contribution is 0.581. The van der Waals surface area contributed by atoms with Gasteiger partial charge in [0.05, 0.1) is 4.90 Å². The molecule has 0 fully saturated rings. The molecule has 2 heterocycles. The van der Waals surface area contributed by atoms with Crippen LogP contribution in [0, 0.1) is 13.8 Å². The maximum atomic E-state index is 12.4. The maximum absolute atomic E-state index is 12.4. The summed E-state index contributed by atoms with van der Waals surface area (Å²) in [5.74, 6) is 0.681. The zero-order valence-corrected chi connectivity index (χ0v) is 14.3. The Morgan fingerprint density at radius 1 is 1.12 bits per heavy atom. The third-order valence-electron chi connectivity index (χ3n) is 3.80. The van der Waals surface area contributed by atoms with Crippen LogP contribution in [-0.2, 0) is 16.6 Å². The first-order valence-corrected chi connectivity index (χ1v) is 8.96. The summed E-state index contributed by atoms with van der Waals surface area (Å²) in [6, 6.07) is 10.5. The average Bonchev–Trinajstić information content (AvgIpc) is 3.10. The summed E-state index contributed by atoms with van der Waals surface area (Å²) in [4.78, 5) is 4.56. The van der Waals surface area contributed by atoms with Crippen molar-refractivity contribution in [2.75, 3.05) is 0 Å². The first-order chi connectivity index (χ1) is 11.5. The van der Waals surface area contributed by atoms with Crippen molar-refractivity contribution in [1.29, 1.82) is 0 Å². The standard InChI is InChI=1S/C17H18N4O2S/c1-13-4-6-16(10-14(13)2)24(22,23)20-12-15-5-7-17(18-11-15)21-9-3-8-19-21/h3-11,20H,12H2,1-2H3. The summed E-state index contributed by atoms with van der Waals surface area (Å²) in [5.41, 5.74) is 2.79. The van der Waals surface area contributed by atoms with Crippen LogP contribution in [0.15, 0.2) is 59.9 Å². The molecular formula is C17H18N4O2S. The minimum absolute atomic E-state index is 0.182. The number of pyridine rings is 1. The highest BCUT2D eigenvalue weighted by Crippen LogP contribution is 2.15. The lowest BCUT2D eigenvalue weighted by Gasteiger charge is -2.09. The van der Waals surface area contributed by atoms with Crippen LogP contribution < -0.4 is 4.72 Å². The Kier molecular flexibility index (Phi) is 4.46. The molecule has 0 aliphatic heterocycles. The van der Waals surface area contributed by atoms with E-state index in [-0.39, 0.29) is 11.4 Å². The number of sulfonamides is 1. The summed E-state index contributed by atoms with van der Waals surface area (Å²) in [7, 11) is -3.55. The molecule has 1 aromatic carbocycles. The molecule has 124 valence electrons. The second-order valence-electron chi connectivity index (χ2n) is 5.55. The first-order valence-electron chi connectivity index (χ1n) is 7.47. The Morgan fingerprint density at radius 3 is 2.58 bits per heavy atom. The molecular weight excluding hydrogens is 324 g/mol. The first kappa shape index (κ1) is 16.4. The predicted molar refractivity (Wildman–Crippen MR) is 91.3 cm³/mol. The molecule has 3 aromatic rings. The third kappa shape index (κ3) is 3.52. The Balaban J connectivity index is 1.71. The molecule has 7 heteroatoms. The molecule has 0 saturated heterocycles. The number of hydrogen-bond donors (Lipinski definition) is 1. The van der Waals surface area contributed by atoms with Gasteiger partial charge in [0.15, 0.2) is 5.82 Å². The van der Waals surface area contributed by atoms with Crippen LogP contribution >= 0.6 is 0 Å². The minimum atomic E-state index is -3.55. The topological polar surface area (TPSA) is 76.9 Å². The minimum Gasteiger partial charge on any atom is -0.237 e. The van der Waals surface area contributed by atoms with Crippen LogP contribution in [0.25, 0.3) is 5.82 Å². The number of benzene rings is 1. The molecule has 1 N–H and O–H groups in total. The van der Waals surface area contributed by atoms with Crippen LogP contribution in [0.2, 0.25) is 0 Å². The van der Waals surface area contributed by atoms with Gasteiger partial charge in [-0.15, -0.1) is 0 Å². The Labute approximate surface area is 141 Å². The van der Waals surface area contributed by atoms with Gasteiger partial charge >= 0.3 is 0 Å². The molecule has 0 radical (unpaired) electrons. The summed E-state index contributed by atoms with van der Waals surface area (Å²) in [6.45, 7) is 4.03. The van der Waals surface area contributed by atoms with Crippen LogP contribution in [0.3, 0.4) is 0 Å². The molecule has 0 bridgehead atoms. The van der Waals surface area contributed by atoms with Crippen molar-refractivity contribution in [3.8, 4) is 5.82 Å². The largest absolute Gasteiger partial charge is 0.240 e.